The van der Waals surface area contributed by atoms with E-state index in [1.165, 1.54) is 5.56 Å². The fourth-order valence-corrected chi connectivity index (χ4v) is 3.80. The minimum absolute atomic E-state index is 0.0760. The van der Waals surface area contributed by atoms with E-state index in [0.29, 0.717) is 23.2 Å². The maximum Gasteiger partial charge on any atom is 0.256 e. The maximum absolute atomic E-state index is 13.0. The minimum Gasteiger partial charge on any atom is -0.438 e. The van der Waals surface area contributed by atoms with Crippen molar-refractivity contribution in [3.05, 3.63) is 69.7 Å². The Bertz CT molecular complexity index is 1100. The van der Waals surface area contributed by atoms with Gasteiger partial charge < -0.3 is 14.5 Å². The number of carbonyl (C=O) groups is 1. The minimum atomic E-state index is -0.212. The number of carbonyl (C=O) groups excluding carboxylic acids is 1. The lowest BCUT2D eigenvalue weighted by atomic mass is 10.1. The predicted molar refractivity (Wildman–Crippen MR) is 116 cm³/mol. The molecule has 2 aromatic carbocycles. The second kappa shape index (κ2) is 8.93. The Morgan fingerprint density at radius 1 is 1.24 bits per heavy atom. The van der Waals surface area contributed by atoms with Crippen LogP contribution in [0.5, 0.6) is 0 Å². The van der Waals surface area contributed by atoms with E-state index in [0.717, 1.165) is 41.4 Å². The molecule has 1 fully saturated rings. The molecule has 0 spiro atoms. The molecule has 2 heterocycles. The molecule has 1 amide bonds. The number of hydrogen-bond donors (Lipinski definition) is 1. The molecule has 29 heavy (non-hydrogen) atoms. The number of amides is 1. The van der Waals surface area contributed by atoms with E-state index < -0.39 is 0 Å². The number of nitrogens with one attached hydrogen (secondary N) is 1. The number of ether oxygens (including phenoxy) is 1. The summed E-state index contributed by atoms with van der Waals surface area (Å²) >= 11 is 3.48. The lowest BCUT2D eigenvalue weighted by Crippen LogP contribution is -2.34. The summed E-state index contributed by atoms with van der Waals surface area (Å²) in [5.41, 5.74) is 3.33. The molecule has 1 atom stereocenters. The molecular formula is C23H23BrN2O3. The van der Waals surface area contributed by atoms with E-state index in [-0.39, 0.29) is 12.0 Å². The van der Waals surface area contributed by atoms with Gasteiger partial charge in [-0.2, -0.15) is 0 Å². The monoisotopic (exact) mass is 454 g/mol. The van der Waals surface area contributed by atoms with Crippen molar-refractivity contribution in [2.75, 3.05) is 13.2 Å². The van der Waals surface area contributed by atoms with Crippen LogP contribution in [0.4, 0.5) is 5.69 Å². The summed E-state index contributed by atoms with van der Waals surface area (Å²) in [6.45, 7) is 3.34. The average molecular weight is 455 g/mol. The normalized spacial score (nSPS) is 17.0. The number of nitrogens with zero attached hydrogens (tertiary/aromatic N) is 1. The number of rotatable bonds is 5. The number of halogens is 1. The van der Waals surface area contributed by atoms with Crippen molar-refractivity contribution in [1.29, 1.82) is 0 Å². The molecular weight excluding hydrogens is 432 g/mol. The molecule has 1 saturated heterocycles. The van der Waals surface area contributed by atoms with Gasteiger partial charge in [0.25, 0.3) is 5.91 Å². The van der Waals surface area contributed by atoms with Gasteiger partial charge in [0, 0.05) is 23.0 Å². The van der Waals surface area contributed by atoms with Crippen LogP contribution in [0.15, 0.2) is 62.4 Å². The van der Waals surface area contributed by atoms with Gasteiger partial charge in [-0.25, -0.2) is 4.99 Å². The van der Waals surface area contributed by atoms with E-state index >= 15 is 0 Å². The van der Waals surface area contributed by atoms with Gasteiger partial charge in [0.15, 0.2) is 0 Å². The zero-order valence-corrected chi connectivity index (χ0v) is 17.9. The molecule has 1 aromatic heterocycles. The second-order valence-corrected chi connectivity index (χ2v) is 8.04. The van der Waals surface area contributed by atoms with Gasteiger partial charge in [-0.1, -0.05) is 35.0 Å². The Labute approximate surface area is 177 Å². The van der Waals surface area contributed by atoms with Gasteiger partial charge in [-0.05, 0) is 61.2 Å². The molecule has 5 nitrogen and oxygen atoms in total. The quantitative estimate of drug-likeness (QED) is 0.596. The third kappa shape index (κ3) is 4.77. The van der Waals surface area contributed by atoms with Gasteiger partial charge in [0.05, 0.1) is 11.8 Å². The lowest BCUT2D eigenvalue weighted by molar-refractivity contribution is 0.0854. The Kier molecular flexibility index (Phi) is 6.11. The maximum atomic E-state index is 13.0. The molecule has 150 valence electrons. The average Bonchev–Trinajstić information content (AvgIpc) is 3.25. The first kappa shape index (κ1) is 19.9. The summed E-state index contributed by atoms with van der Waals surface area (Å²) in [4.78, 5) is 17.6. The zero-order chi connectivity index (χ0) is 20.2. The van der Waals surface area contributed by atoms with Crippen molar-refractivity contribution in [2.24, 2.45) is 4.99 Å². The smallest absolute Gasteiger partial charge is 0.256 e. The van der Waals surface area contributed by atoms with E-state index in [1.54, 1.807) is 0 Å². The van der Waals surface area contributed by atoms with Crippen molar-refractivity contribution in [2.45, 2.75) is 32.3 Å². The van der Waals surface area contributed by atoms with E-state index in [4.69, 9.17) is 9.15 Å². The molecule has 3 aromatic rings. The standard InChI is InChI=1S/C23H23BrN2O3/c1-2-15-5-3-6-18(11-15)26-23-20(22(27)25-14-19-7-4-10-28-19)13-16-12-17(24)8-9-21(16)29-23/h3,5-6,8-9,11-13,19H,2,4,7,10,14H2,1H3,(H,25,27)/t19-/m0/s1. The molecule has 0 saturated carbocycles. The molecule has 1 N–H and O–H groups in total. The van der Waals surface area contributed by atoms with Gasteiger partial charge in [0.2, 0.25) is 5.55 Å². The highest BCUT2D eigenvalue weighted by Crippen LogP contribution is 2.21. The van der Waals surface area contributed by atoms with Gasteiger partial charge in [-0.15, -0.1) is 0 Å². The van der Waals surface area contributed by atoms with Crippen LogP contribution in [0.1, 0.15) is 35.7 Å². The number of benzene rings is 2. The first-order chi connectivity index (χ1) is 14.1. The van der Waals surface area contributed by atoms with Crippen molar-refractivity contribution >= 4 is 38.5 Å². The van der Waals surface area contributed by atoms with Gasteiger partial charge >= 0.3 is 0 Å². The fourth-order valence-electron chi connectivity index (χ4n) is 3.42. The molecule has 0 aliphatic carbocycles. The molecule has 1 aliphatic rings. The Morgan fingerprint density at radius 3 is 2.93 bits per heavy atom. The first-order valence-corrected chi connectivity index (χ1v) is 10.7. The Hall–Kier alpha value is -2.44. The highest BCUT2D eigenvalue weighted by Gasteiger charge is 2.18. The summed E-state index contributed by atoms with van der Waals surface area (Å²) in [7, 11) is 0. The number of fused-ring (bicyclic) bond motifs is 1. The van der Waals surface area contributed by atoms with Crippen LogP contribution in [0.25, 0.3) is 11.0 Å². The van der Waals surface area contributed by atoms with Crippen molar-refractivity contribution < 1.29 is 13.9 Å². The molecule has 0 unspecified atom stereocenters. The highest BCUT2D eigenvalue weighted by atomic mass is 79.9. The largest absolute Gasteiger partial charge is 0.438 e. The lowest BCUT2D eigenvalue weighted by Gasteiger charge is -2.11. The summed E-state index contributed by atoms with van der Waals surface area (Å²) in [6, 6.07) is 15.5. The van der Waals surface area contributed by atoms with Crippen LogP contribution < -0.4 is 10.9 Å². The summed E-state index contributed by atoms with van der Waals surface area (Å²) in [5, 5.41) is 3.81. The number of aryl methyl sites for hydroxylation is 1. The van der Waals surface area contributed by atoms with Crippen LogP contribution in [0, 0.1) is 0 Å². The summed E-state index contributed by atoms with van der Waals surface area (Å²) in [5.74, 6) is -0.212. The Balaban J connectivity index is 1.75. The third-order valence-corrected chi connectivity index (χ3v) is 5.51. The van der Waals surface area contributed by atoms with Gasteiger partial charge in [0.1, 0.15) is 11.1 Å². The summed E-state index contributed by atoms with van der Waals surface area (Å²) in [6.07, 6.45) is 3.00. The van der Waals surface area contributed by atoms with Gasteiger partial charge in [-0.3, -0.25) is 4.79 Å². The van der Waals surface area contributed by atoms with Crippen LogP contribution >= 0.6 is 15.9 Å². The molecule has 0 bridgehead atoms. The van der Waals surface area contributed by atoms with Crippen LogP contribution in [-0.4, -0.2) is 25.2 Å². The zero-order valence-electron chi connectivity index (χ0n) is 16.3. The second-order valence-electron chi connectivity index (χ2n) is 7.13. The first-order valence-electron chi connectivity index (χ1n) is 9.89. The van der Waals surface area contributed by atoms with Crippen LogP contribution in [-0.2, 0) is 11.2 Å². The van der Waals surface area contributed by atoms with Crippen molar-refractivity contribution in [1.82, 2.24) is 5.32 Å². The summed E-state index contributed by atoms with van der Waals surface area (Å²) < 4.78 is 12.6. The SMILES string of the molecule is CCc1cccc(N=c2oc3ccc(Br)cc3cc2C(=O)NC[C@@H]2CCCO2)c1. The molecule has 0 radical (unpaired) electrons. The van der Waals surface area contributed by atoms with Crippen LogP contribution in [0.2, 0.25) is 0 Å². The van der Waals surface area contributed by atoms with E-state index in [9.17, 15) is 4.79 Å². The van der Waals surface area contributed by atoms with E-state index in [2.05, 4.69) is 39.2 Å². The molecule has 4 rings (SSSR count). The number of hydrogen-bond acceptors (Lipinski definition) is 4. The van der Waals surface area contributed by atoms with Crippen molar-refractivity contribution in [3.63, 3.8) is 0 Å². The Morgan fingerprint density at radius 2 is 2.14 bits per heavy atom. The highest BCUT2D eigenvalue weighted by molar-refractivity contribution is 9.10. The molecule has 6 heteroatoms. The van der Waals surface area contributed by atoms with Crippen molar-refractivity contribution in [3.8, 4) is 0 Å². The topological polar surface area (TPSA) is 63.8 Å². The predicted octanol–water partition coefficient (Wildman–Crippen LogP) is 4.90. The third-order valence-electron chi connectivity index (χ3n) is 5.02. The fraction of sp³-hybridized carbons (Fsp3) is 0.304. The van der Waals surface area contributed by atoms with Crippen LogP contribution in [0.3, 0.4) is 0 Å². The van der Waals surface area contributed by atoms with E-state index in [1.807, 2.05) is 42.5 Å². The molecule has 1 aliphatic heterocycles.